The SMILES string of the molecule is CC(N)c1cncc(C(F)(F)F)c1.Cl. The van der Waals surface area contributed by atoms with Gasteiger partial charge in [0, 0.05) is 18.4 Å². The van der Waals surface area contributed by atoms with Gasteiger partial charge in [-0.05, 0) is 18.6 Å². The predicted octanol–water partition coefficient (Wildman–Crippen LogP) is 2.54. The van der Waals surface area contributed by atoms with Gasteiger partial charge in [0.05, 0.1) is 5.56 Å². The molecule has 0 aliphatic heterocycles. The minimum atomic E-state index is -4.35. The zero-order chi connectivity index (χ0) is 10.1. The van der Waals surface area contributed by atoms with E-state index in [4.69, 9.17) is 5.73 Å². The molecule has 1 heterocycles. The van der Waals surface area contributed by atoms with Crippen LogP contribution >= 0.6 is 12.4 Å². The van der Waals surface area contributed by atoms with Gasteiger partial charge >= 0.3 is 6.18 Å². The van der Waals surface area contributed by atoms with Crippen LogP contribution in [0.25, 0.3) is 0 Å². The first-order chi connectivity index (χ1) is 5.91. The normalized spacial score (nSPS) is 13.2. The molecule has 14 heavy (non-hydrogen) atoms. The first kappa shape index (κ1) is 13.2. The molecule has 0 aliphatic carbocycles. The summed E-state index contributed by atoms with van der Waals surface area (Å²) in [6.45, 7) is 1.61. The van der Waals surface area contributed by atoms with Crippen molar-refractivity contribution >= 4 is 12.4 Å². The van der Waals surface area contributed by atoms with Gasteiger partial charge in [-0.15, -0.1) is 12.4 Å². The summed E-state index contributed by atoms with van der Waals surface area (Å²) in [6.07, 6.45) is -2.23. The van der Waals surface area contributed by atoms with E-state index >= 15 is 0 Å². The fraction of sp³-hybridized carbons (Fsp3) is 0.375. The van der Waals surface area contributed by atoms with Crippen molar-refractivity contribution in [2.75, 3.05) is 0 Å². The van der Waals surface area contributed by atoms with Gasteiger partial charge in [0.15, 0.2) is 0 Å². The van der Waals surface area contributed by atoms with Crippen LogP contribution in [-0.4, -0.2) is 4.98 Å². The highest BCUT2D eigenvalue weighted by Crippen LogP contribution is 2.29. The van der Waals surface area contributed by atoms with E-state index < -0.39 is 17.8 Å². The molecule has 2 N–H and O–H groups in total. The number of pyridine rings is 1. The summed E-state index contributed by atoms with van der Waals surface area (Å²) < 4.78 is 36.5. The molecule has 1 atom stereocenters. The van der Waals surface area contributed by atoms with Crippen LogP contribution in [0.2, 0.25) is 0 Å². The van der Waals surface area contributed by atoms with E-state index in [0.717, 1.165) is 12.3 Å². The average molecular weight is 227 g/mol. The standard InChI is InChI=1S/C8H9F3N2.ClH/c1-5(12)6-2-7(4-13-3-6)8(9,10)11;/h2-5H,12H2,1H3;1H. The van der Waals surface area contributed by atoms with Gasteiger partial charge in [0.25, 0.3) is 0 Å². The first-order valence-corrected chi connectivity index (χ1v) is 3.69. The number of nitrogens with two attached hydrogens (primary N) is 1. The van der Waals surface area contributed by atoms with Crippen molar-refractivity contribution in [3.8, 4) is 0 Å². The summed E-state index contributed by atoms with van der Waals surface area (Å²) in [5.74, 6) is 0. The van der Waals surface area contributed by atoms with E-state index in [1.807, 2.05) is 0 Å². The van der Waals surface area contributed by atoms with Crippen molar-refractivity contribution in [3.63, 3.8) is 0 Å². The second-order valence-electron chi connectivity index (χ2n) is 2.79. The summed E-state index contributed by atoms with van der Waals surface area (Å²) in [5, 5.41) is 0. The van der Waals surface area contributed by atoms with Gasteiger partial charge in [-0.2, -0.15) is 13.2 Å². The van der Waals surface area contributed by atoms with Crippen molar-refractivity contribution in [1.29, 1.82) is 0 Å². The monoisotopic (exact) mass is 226 g/mol. The van der Waals surface area contributed by atoms with E-state index in [-0.39, 0.29) is 12.4 Å². The van der Waals surface area contributed by atoms with Crippen LogP contribution in [0.15, 0.2) is 18.5 Å². The molecule has 2 nitrogen and oxygen atoms in total. The molecule has 1 aromatic heterocycles. The van der Waals surface area contributed by atoms with Gasteiger partial charge in [-0.1, -0.05) is 0 Å². The summed E-state index contributed by atoms with van der Waals surface area (Å²) in [4.78, 5) is 3.47. The minimum absolute atomic E-state index is 0. The topological polar surface area (TPSA) is 38.9 Å². The molecule has 6 heteroatoms. The zero-order valence-electron chi connectivity index (χ0n) is 7.38. The molecule has 0 bridgehead atoms. The summed E-state index contributed by atoms with van der Waals surface area (Å²) in [6, 6.07) is 0.576. The van der Waals surface area contributed by atoms with Gasteiger partial charge < -0.3 is 5.73 Å². The Balaban J connectivity index is 0.00000169. The quantitative estimate of drug-likeness (QED) is 0.799. The number of hydrogen-bond donors (Lipinski definition) is 1. The molecule has 0 radical (unpaired) electrons. The third-order valence-electron chi connectivity index (χ3n) is 1.61. The lowest BCUT2D eigenvalue weighted by molar-refractivity contribution is -0.137. The van der Waals surface area contributed by atoms with Crippen molar-refractivity contribution in [2.45, 2.75) is 19.1 Å². The van der Waals surface area contributed by atoms with Crippen LogP contribution in [0, 0.1) is 0 Å². The van der Waals surface area contributed by atoms with Crippen molar-refractivity contribution in [2.24, 2.45) is 5.73 Å². The second-order valence-corrected chi connectivity index (χ2v) is 2.79. The predicted molar refractivity (Wildman–Crippen MR) is 49.1 cm³/mol. The van der Waals surface area contributed by atoms with E-state index in [1.165, 1.54) is 6.20 Å². The number of hydrogen-bond acceptors (Lipinski definition) is 2. The third-order valence-corrected chi connectivity index (χ3v) is 1.61. The molecule has 0 fully saturated rings. The lowest BCUT2D eigenvalue weighted by atomic mass is 10.1. The molecule has 0 spiro atoms. The number of halogens is 4. The largest absolute Gasteiger partial charge is 0.417 e. The first-order valence-electron chi connectivity index (χ1n) is 3.69. The van der Waals surface area contributed by atoms with Gasteiger partial charge in [-0.25, -0.2) is 0 Å². The average Bonchev–Trinajstić information content (AvgIpc) is 2.03. The lowest BCUT2D eigenvalue weighted by Crippen LogP contribution is -2.10. The Morgan fingerprint density at radius 3 is 2.36 bits per heavy atom. The summed E-state index contributed by atoms with van der Waals surface area (Å²) in [5.41, 5.74) is 5.04. The Bertz CT molecular complexity index is 299. The van der Waals surface area contributed by atoms with Crippen molar-refractivity contribution in [1.82, 2.24) is 4.98 Å². The maximum absolute atomic E-state index is 12.2. The van der Waals surface area contributed by atoms with Gasteiger partial charge in [-0.3, -0.25) is 4.98 Å². The summed E-state index contributed by atoms with van der Waals surface area (Å²) in [7, 11) is 0. The van der Waals surface area contributed by atoms with Crippen LogP contribution < -0.4 is 5.73 Å². The number of alkyl halides is 3. The molecular formula is C8H10ClF3N2. The molecule has 1 rings (SSSR count). The van der Waals surface area contributed by atoms with Crippen LogP contribution in [0.1, 0.15) is 24.1 Å². The molecule has 0 saturated heterocycles. The Hall–Kier alpha value is -0.810. The van der Waals surface area contributed by atoms with Crippen LogP contribution in [-0.2, 0) is 6.18 Å². The maximum atomic E-state index is 12.2. The molecule has 1 aromatic rings. The number of nitrogens with zero attached hydrogens (tertiary/aromatic N) is 1. The molecule has 1 unspecified atom stereocenters. The third kappa shape index (κ3) is 3.16. The van der Waals surface area contributed by atoms with Crippen molar-refractivity contribution < 1.29 is 13.2 Å². The number of rotatable bonds is 1. The Kier molecular flexibility index (Phi) is 4.35. The molecule has 0 aromatic carbocycles. The highest BCUT2D eigenvalue weighted by Gasteiger charge is 2.31. The Morgan fingerprint density at radius 1 is 1.36 bits per heavy atom. The Morgan fingerprint density at radius 2 is 1.93 bits per heavy atom. The fourth-order valence-electron chi connectivity index (χ4n) is 0.862. The van der Waals surface area contributed by atoms with E-state index in [0.29, 0.717) is 5.56 Å². The second kappa shape index (κ2) is 4.61. The highest BCUT2D eigenvalue weighted by atomic mass is 35.5. The molecule has 80 valence electrons. The molecule has 0 aliphatic rings. The smallest absolute Gasteiger partial charge is 0.324 e. The number of aromatic nitrogens is 1. The van der Waals surface area contributed by atoms with E-state index in [2.05, 4.69) is 4.98 Å². The van der Waals surface area contributed by atoms with Crippen molar-refractivity contribution in [3.05, 3.63) is 29.6 Å². The van der Waals surface area contributed by atoms with E-state index in [9.17, 15) is 13.2 Å². The molecule has 0 amide bonds. The fourth-order valence-corrected chi connectivity index (χ4v) is 0.862. The van der Waals surface area contributed by atoms with Crippen LogP contribution in [0.5, 0.6) is 0 Å². The molecular weight excluding hydrogens is 217 g/mol. The van der Waals surface area contributed by atoms with Gasteiger partial charge in [0.2, 0.25) is 0 Å². The van der Waals surface area contributed by atoms with E-state index in [1.54, 1.807) is 6.92 Å². The molecule has 0 saturated carbocycles. The lowest BCUT2D eigenvalue weighted by Gasteiger charge is -2.09. The van der Waals surface area contributed by atoms with Gasteiger partial charge in [0.1, 0.15) is 0 Å². The minimum Gasteiger partial charge on any atom is -0.324 e. The summed E-state index contributed by atoms with van der Waals surface area (Å²) >= 11 is 0. The van der Waals surface area contributed by atoms with Crippen LogP contribution in [0.4, 0.5) is 13.2 Å². The Labute approximate surface area is 85.7 Å². The maximum Gasteiger partial charge on any atom is 0.417 e. The van der Waals surface area contributed by atoms with Crippen LogP contribution in [0.3, 0.4) is 0 Å². The zero-order valence-corrected chi connectivity index (χ0v) is 8.19. The highest BCUT2D eigenvalue weighted by molar-refractivity contribution is 5.85.